The first-order valence-electron chi connectivity index (χ1n) is 6.34. The molecule has 1 rings (SSSR count). The molecule has 0 radical (unpaired) electrons. The van der Waals surface area contributed by atoms with E-state index in [1.807, 2.05) is 20.8 Å². The molecule has 1 N–H and O–H groups in total. The quantitative estimate of drug-likeness (QED) is 0.808. The highest BCUT2D eigenvalue weighted by Gasteiger charge is 2.16. The highest BCUT2D eigenvalue weighted by molar-refractivity contribution is 5.22. The summed E-state index contributed by atoms with van der Waals surface area (Å²) in [6.07, 6.45) is 1.03. The number of ether oxygens (including phenoxy) is 1. The maximum atomic E-state index is 13.7. The summed E-state index contributed by atoms with van der Waals surface area (Å²) < 4.78 is 32.1. The third-order valence-corrected chi connectivity index (χ3v) is 2.57. The minimum absolute atomic E-state index is 0.0828. The van der Waals surface area contributed by atoms with Crippen LogP contribution in [-0.2, 0) is 4.74 Å². The Balaban J connectivity index is 2.79. The van der Waals surface area contributed by atoms with Gasteiger partial charge in [0.15, 0.2) is 0 Å². The van der Waals surface area contributed by atoms with Gasteiger partial charge in [-0.1, -0.05) is 13.0 Å². The topological polar surface area (TPSA) is 21.3 Å². The molecule has 0 aliphatic carbocycles. The van der Waals surface area contributed by atoms with Gasteiger partial charge in [-0.15, -0.1) is 0 Å². The second-order valence-corrected chi connectivity index (χ2v) is 4.55. The fourth-order valence-corrected chi connectivity index (χ4v) is 1.65. The summed E-state index contributed by atoms with van der Waals surface area (Å²) in [5, 5.41) is 3.21. The highest BCUT2D eigenvalue weighted by atomic mass is 19.1. The molecule has 1 atom stereocenters. The normalized spacial score (nSPS) is 13.0. The summed E-state index contributed by atoms with van der Waals surface area (Å²) in [4.78, 5) is 0. The van der Waals surface area contributed by atoms with Gasteiger partial charge in [0.05, 0.1) is 18.8 Å². The van der Waals surface area contributed by atoms with Crippen LogP contribution in [0.3, 0.4) is 0 Å². The van der Waals surface area contributed by atoms with E-state index in [1.165, 1.54) is 12.1 Å². The highest BCUT2D eigenvalue weighted by Crippen LogP contribution is 2.19. The summed E-state index contributed by atoms with van der Waals surface area (Å²) in [5.74, 6) is -1.09. The molecular formula is C14H21F2NO. The molecule has 1 unspecified atom stereocenters. The van der Waals surface area contributed by atoms with Crippen molar-refractivity contribution >= 4 is 0 Å². The Kier molecular flexibility index (Phi) is 6.22. The Morgan fingerprint density at radius 2 is 2.00 bits per heavy atom. The predicted molar refractivity (Wildman–Crippen MR) is 68.5 cm³/mol. The minimum atomic E-state index is -0.560. The molecule has 1 aromatic carbocycles. The van der Waals surface area contributed by atoms with E-state index in [9.17, 15) is 8.78 Å². The lowest BCUT2D eigenvalue weighted by molar-refractivity contribution is 0.0604. The maximum absolute atomic E-state index is 13.7. The van der Waals surface area contributed by atoms with Crippen LogP contribution in [0.5, 0.6) is 0 Å². The number of benzene rings is 1. The minimum Gasteiger partial charge on any atom is -0.377 e. The molecule has 0 saturated carbocycles. The van der Waals surface area contributed by atoms with E-state index in [4.69, 9.17) is 4.74 Å². The van der Waals surface area contributed by atoms with Crippen molar-refractivity contribution in [2.45, 2.75) is 39.3 Å². The van der Waals surface area contributed by atoms with Gasteiger partial charge in [-0.05, 0) is 32.9 Å². The number of hydrogen-bond acceptors (Lipinski definition) is 2. The number of hydrogen-bond donors (Lipinski definition) is 1. The zero-order valence-corrected chi connectivity index (χ0v) is 11.2. The SMILES string of the molecule is CCCNC(COC(C)C)c1ccc(F)cc1F. The molecule has 0 aliphatic heterocycles. The lowest BCUT2D eigenvalue weighted by Crippen LogP contribution is -2.28. The number of halogens is 2. The fraction of sp³-hybridized carbons (Fsp3) is 0.571. The molecule has 102 valence electrons. The van der Waals surface area contributed by atoms with Crippen molar-refractivity contribution in [3.8, 4) is 0 Å². The number of rotatable bonds is 7. The maximum Gasteiger partial charge on any atom is 0.130 e. The van der Waals surface area contributed by atoms with Crippen molar-refractivity contribution in [3.05, 3.63) is 35.4 Å². The van der Waals surface area contributed by atoms with Crippen LogP contribution < -0.4 is 5.32 Å². The Morgan fingerprint density at radius 3 is 2.56 bits per heavy atom. The summed E-state index contributed by atoms with van der Waals surface area (Å²) >= 11 is 0. The lowest BCUT2D eigenvalue weighted by Gasteiger charge is -2.21. The van der Waals surface area contributed by atoms with Gasteiger partial charge in [-0.2, -0.15) is 0 Å². The van der Waals surface area contributed by atoms with Crippen LogP contribution >= 0.6 is 0 Å². The van der Waals surface area contributed by atoms with E-state index in [0.717, 1.165) is 19.0 Å². The molecule has 0 amide bonds. The lowest BCUT2D eigenvalue weighted by atomic mass is 10.1. The van der Waals surface area contributed by atoms with Crippen molar-refractivity contribution in [1.82, 2.24) is 5.32 Å². The summed E-state index contributed by atoms with van der Waals surface area (Å²) in [5.41, 5.74) is 0.450. The molecule has 0 saturated heterocycles. The Hall–Kier alpha value is -1.00. The van der Waals surface area contributed by atoms with Crippen LogP contribution in [-0.4, -0.2) is 19.3 Å². The Bertz CT molecular complexity index is 369. The average molecular weight is 257 g/mol. The third-order valence-electron chi connectivity index (χ3n) is 2.57. The second-order valence-electron chi connectivity index (χ2n) is 4.55. The van der Waals surface area contributed by atoms with Crippen LogP contribution in [0, 0.1) is 11.6 Å². The summed E-state index contributed by atoms with van der Waals surface area (Å²) in [7, 11) is 0. The standard InChI is InChI=1S/C14H21F2NO/c1-4-7-17-14(9-18-10(2)3)12-6-5-11(15)8-13(12)16/h5-6,8,10,14,17H,4,7,9H2,1-3H3. The summed E-state index contributed by atoms with van der Waals surface area (Å²) in [6, 6.07) is 3.41. The van der Waals surface area contributed by atoms with E-state index in [-0.39, 0.29) is 12.1 Å². The van der Waals surface area contributed by atoms with Gasteiger partial charge >= 0.3 is 0 Å². The van der Waals surface area contributed by atoms with Crippen LogP contribution in [0.15, 0.2) is 18.2 Å². The van der Waals surface area contributed by atoms with E-state index >= 15 is 0 Å². The molecule has 18 heavy (non-hydrogen) atoms. The zero-order valence-electron chi connectivity index (χ0n) is 11.2. The molecule has 0 heterocycles. The van der Waals surface area contributed by atoms with E-state index in [2.05, 4.69) is 5.32 Å². The van der Waals surface area contributed by atoms with Gasteiger partial charge in [-0.25, -0.2) is 8.78 Å². The molecule has 0 aromatic heterocycles. The molecule has 0 bridgehead atoms. The Labute approximate surface area is 107 Å². The van der Waals surface area contributed by atoms with E-state index < -0.39 is 11.6 Å². The molecule has 0 spiro atoms. The van der Waals surface area contributed by atoms with Gasteiger partial charge in [0, 0.05) is 11.6 Å². The first kappa shape index (κ1) is 15.1. The first-order chi connectivity index (χ1) is 8.54. The third kappa shape index (κ3) is 4.70. The predicted octanol–water partition coefficient (Wildman–Crippen LogP) is 3.43. The first-order valence-corrected chi connectivity index (χ1v) is 6.34. The summed E-state index contributed by atoms with van der Waals surface area (Å²) in [6.45, 7) is 7.04. The molecule has 4 heteroatoms. The van der Waals surface area contributed by atoms with E-state index in [0.29, 0.717) is 12.2 Å². The monoisotopic (exact) mass is 257 g/mol. The molecule has 0 fully saturated rings. The van der Waals surface area contributed by atoms with Crippen molar-refractivity contribution in [3.63, 3.8) is 0 Å². The zero-order chi connectivity index (χ0) is 13.5. The van der Waals surface area contributed by atoms with Crippen LogP contribution in [0.1, 0.15) is 38.8 Å². The average Bonchev–Trinajstić information content (AvgIpc) is 2.30. The van der Waals surface area contributed by atoms with Crippen molar-refractivity contribution in [2.24, 2.45) is 0 Å². The fourth-order valence-electron chi connectivity index (χ4n) is 1.65. The van der Waals surface area contributed by atoms with Crippen LogP contribution in [0.4, 0.5) is 8.78 Å². The smallest absolute Gasteiger partial charge is 0.130 e. The van der Waals surface area contributed by atoms with Crippen molar-refractivity contribution in [2.75, 3.05) is 13.2 Å². The Morgan fingerprint density at radius 1 is 1.28 bits per heavy atom. The molecule has 2 nitrogen and oxygen atoms in total. The van der Waals surface area contributed by atoms with Gasteiger partial charge in [0.25, 0.3) is 0 Å². The largest absolute Gasteiger partial charge is 0.377 e. The van der Waals surface area contributed by atoms with Gasteiger partial charge in [-0.3, -0.25) is 0 Å². The number of nitrogens with one attached hydrogen (secondary N) is 1. The van der Waals surface area contributed by atoms with Gasteiger partial charge in [0.2, 0.25) is 0 Å². The molecule has 1 aromatic rings. The van der Waals surface area contributed by atoms with Crippen LogP contribution in [0.2, 0.25) is 0 Å². The van der Waals surface area contributed by atoms with Gasteiger partial charge < -0.3 is 10.1 Å². The second kappa shape index (κ2) is 7.44. The van der Waals surface area contributed by atoms with Crippen LogP contribution in [0.25, 0.3) is 0 Å². The molecular weight excluding hydrogens is 236 g/mol. The van der Waals surface area contributed by atoms with Crippen molar-refractivity contribution in [1.29, 1.82) is 0 Å². The van der Waals surface area contributed by atoms with Crippen molar-refractivity contribution < 1.29 is 13.5 Å². The molecule has 0 aliphatic rings. The van der Waals surface area contributed by atoms with E-state index in [1.54, 1.807) is 0 Å². The van der Waals surface area contributed by atoms with Gasteiger partial charge in [0.1, 0.15) is 11.6 Å².